The molecule has 8 heteroatoms. The van der Waals surface area contributed by atoms with Gasteiger partial charge in [0.15, 0.2) is 0 Å². The van der Waals surface area contributed by atoms with Crippen LogP contribution in [0.2, 0.25) is 0 Å². The molecule has 1 saturated heterocycles. The van der Waals surface area contributed by atoms with Crippen LogP contribution in [0.15, 0.2) is 40.2 Å². The van der Waals surface area contributed by atoms with Gasteiger partial charge in [-0.3, -0.25) is 9.89 Å². The Bertz CT molecular complexity index is 1140. The zero-order valence-electron chi connectivity index (χ0n) is 19.4. The van der Waals surface area contributed by atoms with Gasteiger partial charge in [0.25, 0.3) is 0 Å². The molecule has 2 aliphatic rings. The number of H-pyrrole nitrogens is 1. The molecular weight excluding hydrogens is 432 g/mol. The van der Waals surface area contributed by atoms with Gasteiger partial charge in [0, 0.05) is 46.7 Å². The predicted octanol–water partition coefficient (Wildman–Crippen LogP) is 4.44. The number of aromatic amines is 1. The third-order valence-electron chi connectivity index (χ3n) is 6.66. The minimum Gasteiger partial charge on any atom is -0.379 e. The minimum absolute atomic E-state index is 0.597. The van der Waals surface area contributed by atoms with Crippen LogP contribution >= 0.6 is 11.8 Å². The molecule has 33 heavy (non-hydrogen) atoms. The van der Waals surface area contributed by atoms with Gasteiger partial charge in [0.1, 0.15) is 11.5 Å². The van der Waals surface area contributed by atoms with Crippen molar-refractivity contribution >= 4 is 46.7 Å². The number of likely N-dealkylation sites (N-methyl/N-ethyl adjacent to an activating group) is 1. The van der Waals surface area contributed by atoms with Crippen LogP contribution in [-0.2, 0) is 17.6 Å². The number of aliphatic imine (C=N–C) groups is 1. The van der Waals surface area contributed by atoms with E-state index in [4.69, 9.17) is 9.72 Å². The van der Waals surface area contributed by atoms with Gasteiger partial charge in [-0.25, -0.2) is 4.98 Å². The minimum atomic E-state index is 0.597. The fraction of sp³-hybridized carbons (Fsp3) is 0.440. The first-order valence-electron chi connectivity index (χ1n) is 11.6. The molecule has 0 amide bonds. The monoisotopic (exact) mass is 464 g/mol. The highest BCUT2D eigenvalue weighted by molar-refractivity contribution is 7.99. The van der Waals surface area contributed by atoms with E-state index >= 15 is 0 Å². The van der Waals surface area contributed by atoms with E-state index in [1.165, 1.54) is 23.1 Å². The number of pyridine rings is 1. The summed E-state index contributed by atoms with van der Waals surface area (Å²) in [7, 11) is 4.34. The number of fused-ring (bicyclic) bond motifs is 3. The molecule has 3 heterocycles. The summed E-state index contributed by atoms with van der Waals surface area (Å²) >= 11 is 1.79. The van der Waals surface area contributed by atoms with Gasteiger partial charge in [0.05, 0.1) is 18.9 Å². The maximum atomic E-state index is 5.45. The van der Waals surface area contributed by atoms with Gasteiger partial charge >= 0.3 is 0 Å². The maximum absolute atomic E-state index is 5.45. The standard InChI is InChI=1S/C25H32N6OS/c1-26-22-7-4-17(14-23(22)33-16-31-10-12-32-13-11-31)27-24-9-6-19-20-15-18(30(2)3)5-8-21(20)28-25(19)29-24/h4,6-7,9,14,18H,1,5,8,10-13,15-16H2,2-3H3,(H2,27,28,29). The SMILES string of the molecule is C=Nc1ccc(Nc2ccc3c4c([nH]c3n2)CCC(N(C)C)C4)cc1SCN1CCOCC1. The van der Waals surface area contributed by atoms with Crippen molar-refractivity contribution < 1.29 is 4.74 Å². The molecule has 0 bridgehead atoms. The number of aromatic nitrogens is 2. The van der Waals surface area contributed by atoms with E-state index in [9.17, 15) is 0 Å². The molecule has 1 aliphatic carbocycles. The molecule has 1 unspecified atom stereocenters. The normalized spacial score (nSPS) is 19.1. The molecule has 1 atom stereocenters. The fourth-order valence-electron chi connectivity index (χ4n) is 4.66. The van der Waals surface area contributed by atoms with Crippen LogP contribution in [0.5, 0.6) is 0 Å². The number of benzene rings is 1. The third kappa shape index (κ3) is 4.94. The van der Waals surface area contributed by atoms with E-state index < -0.39 is 0 Å². The molecule has 1 aliphatic heterocycles. The number of aryl methyl sites for hydroxylation is 1. The summed E-state index contributed by atoms with van der Waals surface area (Å²) in [5, 5.41) is 4.73. The summed E-state index contributed by atoms with van der Waals surface area (Å²) in [6, 6.07) is 11.1. The summed E-state index contributed by atoms with van der Waals surface area (Å²) in [6.45, 7) is 7.30. The van der Waals surface area contributed by atoms with Crippen molar-refractivity contribution in [2.24, 2.45) is 4.99 Å². The van der Waals surface area contributed by atoms with Crippen LogP contribution in [0.4, 0.5) is 17.2 Å². The molecular formula is C25H32N6OS. The summed E-state index contributed by atoms with van der Waals surface area (Å²) in [4.78, 5) is 18.5. The quantitative estimate of drug-likeness (QED) is 0.398. The molecule has 0 saturated carbocycles. The van der Waals surface area contributed by atoms with Gasteiger partial charge < -0.3 is 19.9 Å². The Labute approximate surface area is 199 Å². The largest absolute Gasteiger partial charge is 0.379 e. The number of rotatable bonds is 7. The van der Waals surface area contributed by atoms with Crippen LogP contribution in [-0.4, -0.2) is 78.8 Å². The second-order valence-corrected chi connectivity index (χ2v) is 9.99. The Morgan fingerprint density at radius 2 is 2.12 bits per heavy atom. The Hall–Kier alpha value is -2.39. The van der Waals surface area contributed by atoms with Crippen LogP contribution in [0.1, 0.15) is 17.7 Å². The summed E-state index contributed by atoms with van der Waals surface area (Å²) in [5.74, 6) is 1.76. The van der Waals surface area contributed by atoms with Crippen LogP contribution in [0, 0.1) is 0 Å². The second kappa shape index (κ2) is 9.85. The lowest BCUT2D eigenvalue weighted by Gasteiger charge is -2.28. The van der Waals surface area contributed by atoms with Crippen molar-refractivity contribution in [2.75, 3.05) is 51.6 Å². The molecule has 5 rings (SSSR count). The first kappa shape index (κ1) is 22.4. The van der Waals surface area contributed by atoms with E-state index in [2.05, 4.69) is 64.1 Å². The van der Waals surface area contributed by atoms with Gasteiger partial charge in [-0.15, -0.1) is 11.8 Å². The van der Waals surface area contributed by atoms with E-state index in [1.54, 1.807) is 11.8 Å². The molecule has 174 valence electrons. The van der Waals surface area contributed by atoms with Gasteiger partial charge in [-0.1, -0.05) is 0 Å². The number of nitrogens with one attached hydrogen (secondary N) is 2. The van der Waals surface area contributed by atoms with Crippen LogP contribution in [0.3, 0.4) is 0 Å². The number of morpholine rings is 1. The van der Waals surface area contributed by atoms with Crippen molar-refractivity contribution in [3.05, 3.63) is 41.6 Å². The van der Waals surface area contributed by atoms with Crippen molar-refractivity contribution in [3.8, 4) is 0 Å². The van der Waals surface area contributed by atoms with Crippen molar-refractivity contribution in [3.63, 3.8) is 0 Å². The van der Waals surface area contributed by atoms with E-state index in [0.29, 0.717) is 6.04 Å². The Balaban J connectivity index is 1.33. The first-order chi connectivity index (χ1) is 16.1. The van der Waals surface area contributed by atoms with E-state index in [1.807, 2.05) is 12.1 Å². The van der Waals surface area contributed by atoms with Crippen LogP contribution in [0.25, 0.3) is 11.0 Å². The van der Waals surface area contributed by atoms with Gasteiger partial charge in [-0.05, 0) is 76.0 Å². The Morgan fingerprint density at radius 3 is 2.91 bits per heavy atom. The highest BCUT2D eigenvalue weighted by Crippen LogP contribution is 2.34. The molecule has 3 aromatic rings. The number of thioether (sulfide) groups is 1. The third-order valence-corrected chi connectivity index (χ3v) is 7.79. The summed E-state index contributed by atoms with van der Waals surface area (Å²) in [6.07, 6.45) is 3.35. The van der Waals surface area contributed by atoms with E-state index in [0.717, 1.165) is 72.8 Å². The number of hydrogen-bond donors (Lipinski definition) is 2. The molecule has 1 fully saturated rings. The van der Waals surface area contributed by atoms with E-state index in [-0.39, 0.29) is 0 Å². The van der Waals surface area contributed by atoms with Crippen LogP contribution < -0.4 is 5.32 Å². The fourth-order valence-corrected chi connectivity index (χ4v) is 5.73. The van der Waals surface area contributed by atoms with Crippen molar-refractivity contribution in [2.45, 2.75) is 30.2 Å². The highest BCUT2D eigenvalue weighted by Gasteiger charge is 2.24. The molecule has 0 spiro atoms. The number of anilines is 2. The van der Waals surface area contributed by atoms with Gasteiger partial charge in [-0.2, -0.15) is 0 Å². The maximum Gasteiger partial charge on any atom is 0.140 e. The number of ether oxygens (including phenoxy) is 1. The first-order valence-corrected chi connectivity index (χ1v) is 12.6. The Morgan fingerprint density at radius 1 is 1.27 bits per heavy atom. The second-order valence-electron chi connectivity index (χ2n) is 9.00. The lowest BCUT2D eigenvalue weighted by Crippen LogP contribution is -2.35. The molecule has 2 N–H and O–H groups in total. The highest BCUT2D eigenvalue weighted by atomic mass is 32.2. The number of hydrogen-bond acceptors (Lipinski definition) is 7. The molecule has 0 radical (unpaired) electrons. The zero-order chi connectivity index (χ0) is 22.8. The number of nitrogens with zero attached hydrogens (tertiary/aromatic N) is 4. The molecule has 1 aromatic carbocycles. The average Bonchev–Trinajstić information content (AvgIpc) is 3.20. The molecule has 7 nitrogen and oxygen atoms in total. The predicted molar refractivity (Wildman–Crippen MR) is 138 cm³/mol. The zero-order valence-corrected chi connectivity index (χ0v) is 20.2. The lowest BCUT2D eigenvalue weighted by molar-refractivity contribution is 0.0474. The summed E-state index contributed by atoms with van der Waals surface area (Å²) < 4.78 is 5.45. The lowest BCUT2D eigenvalue weighted by atomic mass is 9.91. The summed E-state index contributed by atoms with van der Waals surface area (Å²) in [5.41, 5.74) is 5.65. The van der Waals surface area contributed by atoms with Crippen molar-refractivity contribution in [1.82, 2.24) is 19.8 Å². The van der Waals surface area contributed by atoms with Crippen molar-refractivity contribution in [1.29, 1.82) is 0 Å². The molecule has 2 aromatic heterocycles. The average molecular weight is 465 g/mol. The smallest absolute Gasteiger partial charge is 0.140 e. The Kier molecular flexibility index (Phi) is 6.69. The topological polar surface area (TPSA) is 68.8 Å². The van der Waals surface area contributed by atoms with Gasteiger partial charge in [0.2, 0.25) is 0 Å².